The number of aryl methyl sites for hydroxylation is 1. The summed E-state index contributed by atoms with van der Waals surface area (Å²) in [5.74, 6) is 0. The number of para-hydroxylation sites is 2. The Morgan fingerprint density at radius 3 is 2.45 bits per heavy atom. The second kappa shape index (κ2) is 8.02. The molecule has 5 heteroatoms. The molecular formula is C26H18N4S. The fraction of sp³-hybridized carbons (Fsp3) is 0.0385. The summed E-state index contributed by atoms with van der Waals surface area (Å²) >= 11 is 1.53. The third-order valence-corrected chi connectivity index (χ3v) is 6.10. The minimum atomic E-state index is 0.530. The van der Waals surface area contributed by atoms with Crippen LogP contribution in [0, 0.1) is 18.3 Å². The van der Waals surface area contributed by atoms with Crippen molar-refractivity contribution in [3.63, 3.8) is 0 Å². The fourth-order valence-electron chi connectivity index (χ4n) is 3.43. The Morgan fingerprint density at radius 1 is 0.968 bits per heavy atom. The van der Waals surface area contributed by atoms with Crippen molar-refractivity contribution in [3.8, 4) is 23.0 Å². The van der Waals surface area contributed by atoms with Gasteiger partial charge in [-0.2, -0.15) is 10.4 Å². The van der Waals surface area contributed by atoms with Crippen LogP contribution in [0.15, 0.2) is 85.1 Å². The zero-order valence-electron chi connectivity index (χ0n) is 16.9. The van der Waals surface area contributed by atoms with Gasteiger partial charge in [0.1, 0.15) is 11.1 Å². The van der Waals surface area contributed by atoms with Gasteiger partial charge in [0.15, 0.2) is 0 Å². The molecule has 0 aliphatic rings. The topological polar surface area (TPSA) is 54.5 Å². The molecule has 5 aromatic rings. The number of hydrogen-bond donors (Lipinski definition) is 0. The predicted molar refractivity (Wildman–Crippen MR) is 127 cm³/mol. The fourth-order valence-corrected chi connectivity index (χ4v) is 4.36. The van der Waals surface area contributed by atoms with Crippen LogP contribution in [0.1, 0.15) is 16.1 Å². The highest BCUT2D eigenvalue weighted by molar-refractivity contribution is 7.19. The van der Waals surface area contributed by atoms with E-state index in [2.05, 4.69) is 42.2 Å². The Hall–Kier alpha value is -4.01. The lowest BCUT2D eigenvalue weighted by molar-refractivity contribution is 0.884. The molecule has 0 saturated heterocycles. The monoisotopic (exact) mass is 418 g/mol. The van der Waals surface area contributed by atoms with Crippen LogP contribution >= 0.6 is 11.3 Å². The Kier molecular flexibility index (Phi) is 4.91. The number of aromatic nitrogens is 3. The van der Waals surface area contributed by atoms with Crippen LogP contribution < -0.4 is 0 Å². The molecule has 5 rings (SSSR count). The van der Waals surface area contributed by atoms with E-state index < -0.39 is 0 Å². The van der Waals surface area contributed by atoms with E-state index in [1.165, 1.54) is 16.9 Å². The first-order chi connectivity index (χ1) is 15.2. The molecule has 0 N–H and O–H groups in total. The quantitative estimate of drug-likeness (QED) is 0.312. The molecule has 0 amide bonds. The van der Waals surface area contributed by atoms with Crippen molar-refractivity contribution in [1.82, 2.24) is 14.8 Å². The van der Waals surface area contributed by atoms with Crippen LogP contribution in [-0.2, 0) is 0 Å². The summed E-state index contributed by atoms with van der Waals surface area (Å²) in [5, 5.41) is 15.5. The van der Waals surface area contributed by atoms with Gasteiger partial charge in [-0.05, 0) is 37.3 Å². The third-order valence-electron chi connectivity index (χ3n) is 5.03. The lowest BCUT2D eigenvalue weighted by Gasteiger charge is -2.01. The first-order valence-corrected chi connectivity index (χ1v) is 10.7. The normalized spacial score (nSPS) is 11.5. The number of nitrogens with zero attached hydrogens (tertiary/aromatic N) is 4. The van der Waals surface area contributed by atoms with Gasteiger partial charge in [0.05, 0.1) is 27.2 Å². The first kappa shape index (κ1) is 19.0. The van der Waals surface area contributed by atoms with Gasteiger partial charge in [-0.25, -0.2) is 9.67 Å². The van der Waals surface area contributed by atoms with E-state index in [1.807, 2.05) is 71.6 Å². The van der Waals surface area contributed by atoms with Gasteiger partial charge in [0.2, 0.25) is 0 Å². The maximum absolute atomic E-state index is 9.91. The van der Waals surface area contributed by atoms with Crippen LogP contribution in [0.3, 0.4) is 0 Å². The molecule has 0 aliphatic carbocycles. The van der Waals surface area contributed by atoms with E-state index in [0.29, 0.717) is 10.6 Å². The van der Waals surface area contributed by atoms with Crippen LogP contribution in [0.4, 0.5) is 0 Å². The maximum atomic E-state index is 9.91. The average Bonchev–Trinajstić information content (AvgIpc) is 3.43. The van der Waals surface area contributed by atoms with Crippen molar-refractivity contribution in [2.24, 2.45) is 0 Å². The molecule has 148 valence electrons. The predicted octanol–water partition coefficient (Wildman–Crippen LogP) is 6.52. The van der Waals surface area contributed by atoms with Gasteiger partial charge in [-0.3, -0.25) is 0 Å². The molecule has 3 aromatic carbocycles. The molecule has 0 atom stereocenters. The van der Waals surface area contributed by atoms with E-state index in [-0.39, 0.29) is 0 Å². The van der Waals surface area contributed by atoms with Gasteiger partial charge in [0, 0.05) is 17.3 Å². The smallest absolute Gasteiger partial charge is 0.135 e. The van der Waals surface area contributed by atoms with Crippen molar-refractivity contribution < 1.29 is 0 Å². The van der Waals surface area contributed by atoms with Crippen molar-refractivity contribution in [2.45, 2.75) is 6.92 Å². The number of thiazole rings is 1. The standard InChI is InChI=1S/C26H18N4S/c1-18-11-13-19(14-12-18)25-21(17-30(29-25)22-7-3-2-4-8-22)15-20(16-27)26-28-23-9-5-6-10-24(23)31-26/h2-15,17H,1H3/b20-15-. The lowest BCUT2D eigenvalue weighted by atomic mass is 10.0. The minimum Gasteiger partial charge on any atom is -0.240 e. The second-order valence-electron chi connectivity index (χ2n) is 7.24. The van der Waals surface area contributed by atoms with Gasteiger partial charge >= 0.3 is 0 Å². The summed E-state index contributed by atoms with van der Waals surface area (Å²) in [7, 11) is 0. The summed E-state index contributed by atoms with van der Waals surface area (Å²) in [6, 6.07) is 28.5. The van der Waals surface area contributed by atoms with Crippen molar-refractivity contribution in [2.75, 3.05) is 0 Å². The van der Waals surface area contributed by atoms with Crippen LogP contribution in [0.2, 0.25) is 0 Å². The Labute approximate surface area is 184 Å². The highest BCUT2D eigenvalue weighted by Crippen LogP contribution is 2.31. The van der Waals surface area contributed by atoms with Crippen molar-refractivity contribution >= 4 is 33.2 Å². The van der Waals surface area contributed by atoms with E-state index in [0.717, 1.165) is 32.7 Å². The van der Waals surface area contributed by atoms with Gasteiger partial charge in [-0.1, -0.05) is 60.2 Å². The highest BCUT2D eigenvalue weighted by Gasteiger charge is 2.14. The highest BCUT2D eigenvalue weighted by atomic mass is 32.1. The molecule has 0 fully saturated rings. The summed E-state index contributed by atoms with van der Waals surface area (Å²) in [6.45, 7) is 2.06. The SMILES string of the molecule is Cc1ccc(-c2nn(-c3ccccc3)cc2/C=C(/C#N)c2nc3ccccc3s2)cc1. The second-order valence-corrected chi connectivity index (χ2v) is 8.27. The molecule has 31 heavy (non-hydrogen) atoms. The van der Waals surface area contributed by atoms with E-state index in [4.69, 9.17) is 5.10 Å². The largest absolute Gasteiger partial charge is 0.240 e. The number of allylic oxidation sites excluding steroid dienone is 1. The summed E-state index contributed by atoms with van der Waals surface area (Å²) < 4.78 is 2.92. The average molecular weight is 419 g/mol. The van der Waals surface area contributed by atoms with Crippen molar-refractivity contribution in [1.29, 1.82) is 5.26 Å². The molecule has 4 nitrogen and oxygen atoms in total. The maximum Gasteiger partial charge on any atom is 0.135 e. The molecule has 0 saturated carbocycles. The van der Waals surface area contributed by atoms with E-state index in [9.17, 15) is 5.26 Å². The van der Waals surface area contributed by atoms with Crippen molar-refractivity contribution in [3.05, 3.63) is 101 Å². The number of fused-ring (bicyclic) bond motifs is 1. The zero-order valence-corrected chi connectivity index (χ0v) is 17.7. The van der Waals surface area contributed by atoms with E-state index in [1.54, 1.807) is 0 Å². The molecular weight excluding hydrogens is 400 g/mol. The number of rotatable bonds is 4. The molecule has 0 bridgehead atoms. The number of nitriles is 1. The molecule has 0 aliphatic heterocycles. The summed E-state index contributed by atoms with van der Waals surface area (Å²) in [6.07, 6.45) is 3.86. The van der Waals surface area contributed by atoms with Crippen LogP contribution in [0.25, 0.3) is 38.8 Å². The lowest BCUT2D eigenvalue weighted by Crippen LogP contribution is -1.93. The first-order valence-electron chi connectivity index (χ1n) is 9.91. The van der Waals surface area contributed by atoms with Gasteiger partial charge in [-0.15, -0.1) is 11.3 Å². The summed E-state index contributed by atoms with van der Waals surface area (Å²) in [4.78, 5) is 4.66. The van der Waals surface area contributed by atoms with Crippen LogP contribution in [0.5, 0.6) is 0 Å². The molecule has 0 spiro atoms. The Balaban J connectivity index is 1.66. The molecule has 2 aromatic heterocycles. The van der Waals surface area contributed by atoms with Crippen LogP contribution in [-0.4, -0.2) is 14.8 Å². The Morgan fingerprint density at radius 2 is 1.71 bits per heavy atom. The van der Waals surface area contributed by atoms with E-state index >= 15 is 0 Å². The molecule has 2 heterocycles. The number of hydrogen-bond acceptors (Lipinski definition) is 4. The molecule has 0 radical (unpaired) electrons. The Bertz CT molecular complexity index is 1400. The number of benzene rings is 3. The third kappa shape index (κ3) is 3.77. The van der Waals surface area contributed by atoms with Gasteiger partial charge in [0.25, 0.3) is 0 Å². The minimum absolute atomic E-state index is 0.530. The van der Waals surface area contributed by atoms with Gasteiger partial charge < -0.3 is 0 Å². The molecule has 0 unspecified atom stereocenters. The summed E-state index contributed by atoms with van der Waals surface area (Å²) in [5.41, 5.74) is 6.31. The zero-order chi connectivity index (χ0) is 21.2.